The number of rotatable bonds is 5. The lowest BCUT2D eigenvalue weighted by Gasteiger charge is -2.14. The number of nitrogens with one attached hydrogen (secondary N) is 2. The van der Waals surface area contributed by atoms with Crippen molar-refractivity contribution in [3.05, 3.63) is 0 Å². The summed E-state index contributed by atoms with van der Waals surface area (Å²) in [4.78, 5) is 22.4. The number of carbonyl (C=O) groups is 2. The minimum atomic E-state index is -0.587. The molecule has 1 unspecified atom stereocenters. The van der Waals surface area contributed by atoms with Crippen molar-refractivity contribution in [2.75, 3.05) is 6.54 Å². The molecule has 5 heteroatoms. The predicted octanol–water partition coefficient (Wildman–Crippen LogP) is -0.635. The molecule has 2 atom stereocenters. The van der Waals surface area contributed by atoms with Crippen LogP contribution in [0, 0.1) is 0 Å². The van der Waals surface area contributed by atoms with E-state index in [2.05, 4.69) is 10.6 Å². The first-order chi connectivity index (χ1) is 6.49. The maximum Gasteiger partial charge on any atom is 0.242 e. The SMILES string of the molecule is CCCNC(=O)C(C)NC(=O)[C@H](C)N. The minimum absolute atomic E-state index is 0.180. The van der Waals surface area contributed by atoms with E-state index < -0.39 is 12.1 Å². The van der Waals surface area contributed by atoms with Gasteiger partial charge in [0.05, 0.1) is 6.04 Å². The molecule has 0 aromatic carbocycles. The van der Waals surface area contributed by atoms with Crippen molar-refractivity contribution in [3.8, 4) is 0 Å². The molecule has 0 saturated carbocycles. The van der Waals surface area contributed by atoms with Crippen LogP contribution >= 0.6 is 0 Å². The van der Waals surface area contributed by atoms with Crippen molar-refractivity contribution in [1.82, 2.24) is 10.6 Å². The van der Waals surface area contributed by atoms with Crippen LogP contribution in [-0.4, -0.2) is 30.4 Å². The van der Waals surface area contributed by atoms with Crippen LogP contribution in [0.4, 0.5) is 0 Å². The van der Waals surface area contributed by atoms with Gasteiger partial charge in [-0.05, 0) is 20.3 Å². The summed E-state index contributed by atoms with van der Waals surface area (Å²) in [6.45, 7) is 5.79. The zero-order valence-electron chi connectivity index (χ0n) is 8.96. The smallest absolute Gasteiger partial charge is 0.242 e. The van der Waals surface area contributed by atoms with E-state index in [0.29, 0.717) is 6.54 Å². The number of hydrogen-bond donors (Lipinski definition) is 3. The zero-order valence-corrected chi connectivity index (χ0v) is 8.96. The van der Waals surface area contributed by atoms with Crippen LogP contribution in [0.5, 0.6) is 0 Å². The zero-order chi connectivity index (χ0) is 11.1. The lowest BCUT2D eigenvalue weighted by Crippen LogP contribution is -2.49. The van der Waals surface area contributed by atoms with Gasteiger partial charge in [-0.3, -0.25) is 9.59 Å². The van der Waals surface area contributed by atoms with Crippen LogP contribution in [0.2, 0.25) is 0 Å². The van der Waals surface area contributed by atoms with Crippen LogP contribution in [0.3, 0.4) is 0 Å². The van der Waals surface area contributed by atoms with E-state index in [9.17, 15) is 9.59 Å². The third-order valence-corrected chi connectivity index (χ3v) is 1.71. The quantitative estimate of drug-likeness (QED) is 0.553. The lowest BCUT2D eigenvalue weighted by molar-refractivity contribution is -0.129. The molecule has 5 nitrogen and oxygen atoms in total. The van der Waals surface area contributed by atoms with Crippen molar-refractivity contribution < 1.29 is 9.59 Å². The molecule has 0 saturated heterocycles. The largest absolute Gasteiger partial charge is 0.354 e. The van der Waals surface area contributed by atoms with Gasteiger partial charge in [0.1, 0.15) is 6.04 Å². The molecule has 0 heterocycles. The molecule has 4 N–H and O–H groups in total. The third-order valence-electron chi connectivity index (χ3n) is 1.71. The summed E-state index contributed by atoms with van der Waals surface area (Å²) >= 11 is 0. The highest BCUT2D eigenvalue weighted by atomic mass is 16.2. The van der Waals surface area contributed by atoms with Gasteiger partial charge in [-0.2, -0.15) is 0 Å². The van der Waals surface area contributed by atoms with Gasteiger partial charge in [-0.15, -0.1) is 0 Å². The molecular weight excluding hydrogens is 182 g/mol. The Hall–Kier alpha value is -1.10. The first-order valence-corrected chi connectivity index (χ1v) is 4.82. The van der Waals surface area contributed by atoms with E-state index in [1.54, 1.807) is 13.8 Å². The maximum atomic E-state index is 11.3. The second kappa shape index (κ2) is 6.37. The van der Waals surface area contributed by atoms with Crippen molar-refractivity contribution in [1.29, 1.82) is 0 Å². The first-order valence-electron chi connectivity index (χ1n) is 4.82. The van der Waals surface area contributed by atoms with Gasteiger partial charge in [0.15, 0.2) is 0 Å². The molecule has 14 heavy (non-hydrogen) atoms. The van der Waals surface area contributed by atoms with Crippen LogP contribution < -0.4 is 16.4 Å². The normalized spacial score (nSPS) is 14.3. The van der Waals surface area contributed by atoms with Gasteiger partial charge < -0.3 is 16.4 Å². The summed E-state index contributed by atoms with van der Waals surface area (Å²) in [6, 6.07) is -1.11. The van der Waals surface area contributed by atoms with Gasteiger partial charge in [0.25, 0.3) is 0 Å². The van der Waals surface area contributed by atoms with Gasteiger partial charge >= 0.3 is 0 Å². The Bertz CT molecular complexity index is 204. The molecule has 0 aliphatic heterocycles. The van der Waals surface area contributed by atoms with E-state index in [1.807, 2.05) is 6.92 Å². The lowest BCUT2D eigenvalue weighted by atomic mass is 10.2. The molecule has 0 aromatic rings. The molecule has 82 valence electrons. The molecule has 0 rings (SSSR count). The Morgan fingerprint density at radius 3 is 2.29 bits per heavy atom. The van der Waals surface area contributed by atoms with E-state index in [1.165, 1.54) is 0 Å². The van der Waals surface area contributed by atoms with E-state index in [-0.39, 0.29) is 11.8 Å². The number of nitrogens with two attached hydrogens (primary N) is 1. The van der Waals surface area contributed by atoms with Crippen LogP contribution in [-0.2, 0) is 9.59 Å². The molecule has 0 spiro atoms. The van der Waals surface area contributed by atoms with Gasteiger partial charge in [-0.25, -0.2) is 0 Å². The standard InChI is InChI=1S/C9H19N3O2/c1-4-5-11-9(14)7(3)12-8(13)6(2)10/h6-7H,4-5,10H2,1-3H3,(H,11,14)(H,12,13)/t6-,7?/m0/s1. The summed E-state index contributed by atoms with van der Waals surface area (Å²) in [5.74, 6) is -0.495. The monoisotopic (exact) mass is 201 g/mol. The van der Waals surface area contributed by atoms with Crippen molar-refractivity contribution in [2.24, 2.45) is 5.73 Å². The molecule has 0 aromatic heterocycles. The number of hydrogen-bond acceptors (Lipinski definition) is 3. The van der Waals surface area contributed by atoms with Crippen LogP contribution in [0.25, 0.3) is 0 Å². The fourth-order valence-electron chi connectivity index (χ4n) is 0.812. The Kier molecular flexibility index (Phi) is 5.87. The molecule has 0 radical (unpaired) electrons. The fourth-order valence-corrected chi connectivity index (χ4v) is 0.812. The summed E-state index contributed by atoms with van der Waals surface area (Å²) < 4.78 is 0. The highest BCUT2D eigenvalue weighted by Crippen LogP contribution is 1.85. The van der Waals surface area contributed by atoms with Gasteiger partial charge in [-0.1, -0.05) is 6.92 Å². The molecule has 0 bridgehead atoms. The van der Waals surface area contributed by atoms with Crippen molar-refractivity contribution in [3.63, 3.8) is 0 Å². The van der Waals surface area contributed by atoms with Crippen molar-refractivity contribution >= 4 is 11.8 Å². The Labute approximate surface area is 84.4 Å². The summed E-state index contributed by atoms with van der Waals surface area (Å²) in [6.07, 6.45) is 0.875. The molecule has 2 amide bonds. The number of amides is 2. The minimum Gasteiger partial charge on any atom is -0.354 e. The Balaban J connectivity index is 3.89. The molecule has 0 aliphatic rings. The predicted molar refractivity (Wildman–Crippen MR) is 54.6 cm³/mol. The first kappa shape index (κ1) is 12.9. The van der Waals surface area contributed by atoms with E-state index in [4.69, 9.17) is 5.73 Å². The van der Waals surface area contributed by atoms with Gasteiger partial charge in [0.2, 0.25) is 11.8 Å². The molecular formula is C9H19N3O2. The average molecular weight is 201 g/mol. The second-order valence-electron chi connectivity index (χ2n) is 3.31. The second-order valence-corrected chi connectivity index (χ2v) is 3.31. The maximum absolute atomic E-state index is 11.3. The van der Waals surface area contributed by atoms with E-state index in [0.717, 1.165) is 6.42 Å². The topological polar surface area (TPSA) is 84.2 Å². The summed E-state index contributed by atoms with van der Waals surface area (Å²) in [5, 5.41) is 5.19. The Morgan fingerprint density at radius 1 is 1.29 bits per heavy atom. The molecule has 0 aliphatic carbocycles. The van der Waals surface area contributed by atoms with Crippen molar-refractivity contribution in [2.45, 2.75) is 39.3 Å². The van der Waals surface area contributed by atoms with E-state index >= 15 is 0 Å². The Morgan fingerprint density at radius 2 is 1.86 bits per heavy atom. The third kappa shape index (κ3) is 4.81. The number of carbonyl (C=O) groups excluding carboxylic acids is 2. The highest BCUT2D eigenvalue weighted by molar-refractivity contribution is 5.89. The van der Waals surface area contributed by atoms with Crippen LogP contribution in [0.15, 0.2) is 0 Å². The van der Waals surface area contributed by atoms with Gasteiger partial charge in [0, 0.05) is 6.54 Å². The molecule has 0 fully saturated rings. The summed E-state index contributed by atoms with van der Waals surface area (Å²) in [7, 11) is 0. The highest BCUT2D eigenvalue weighted by Gasteiger charge is 2.16. The van der Waals surface area contributed by atoms with Crippen LogP contribution in [0.1, 0.15) is 27.2 Å². The summed E-state index contributed by atoms with van der Waals surface area (Å²) in [5.41, 5.74) is 5.34. The average Bonchev–Trinajstić information content (AvgIpc) is 2.13. The fraction of sp³-hybridized carbons (Fsp3) is 0.778.